The van der Waals surface area contributed by atoms with Crippen LogP contribution in [0.2, 0.25) is 0 Å². The van der Waals surface area contributed by atoms with E-state index in [0.717, 1.165) is 19.4 Å². The van der Waals surface area contributed by atoms with E-state index < -0.39 is 46.8 Å². The van der Waals surface area contributed by atoms with Gasteiger partial charge in [-0.15, -0.1) is 0 Å². The van der Waals surface area contributed by atoms with Crippen LogP contribution < -0.4 is 0 Å². The third-order valence-corrected chi connectivity index (χ3v) is 11.3. The number of hydrogen-bond acceptors (Lipinski definition) is 9. The van der Waals surface area contributed by atoms with Gasteiger partial charge in [-0.3, -0.25) is 0 Å². The third-order valence-electron chi connectivity index (χ3n) is 11.3. The summed E-state index contributed by atoms with van der Waals surface area (Å²) in [5, 5.41) is 47.3. The highest BCUT2D eigenvalue weighted by molar-refractivity contribution is 5.39. The van der Waals surface area contributed by atoms with Gasteiger partial charge in [-0.1, -0.05) is 0 Å². The molecule has 9 nitrogen and oxygen atoms in total. The molecule has 188 valence electrons. The summed E-state index contributed by atoms with van der Waals surface area (Å²) in [6.45, 7) is 1.36. The lowest BCUT2D eigenvalue weighted by Gasteiger charge is -2.69. The highest BCUT2D eigenvalue weighted by Crippen LogP contribution is 2.79. The fourth-order valence-corrected chi connectivity index (χ4v) is 10.9. The van der Waals surface area contributed by atoms with Gasteiger partial charge in [0.1, 0.15) is 23.4 Å². The predicted octanol–water partition coefficient (Wildman–Crippen LogP) is -1.15. The van der Waals surface area contributed by atoms with E-state index in [4.69, 9.17) is 18.9 Å². The molecule has 6 rings (SSSR count). The molecule has 1 spiro atoms. The average molecular weight is 470 g/mol. The van der Waals surface area contributed by atoms with E-state index in [9.17, 15) is 20.4 Å². The third kappa shape index (κ3) is 2.15. The van der Waals surface area contributed by atoms with Crippen LogP contribution in [0.5, 0.6) is 0 Å². The number of nitrogens with zero attached hydrogens (tertiary/aromatic N) is 1. The highest BCUT2D eigenvalue weighted by atomic mass is 16.5. The van der Waals surface area contributed by atoms with E-state index in [0.29, 0.717) is 6.61 Å². The van der Waals surface area contributed by atoms with Crippen molar-refractivity contribution in [3.05, 3.63) is 0 Å². The smallest absolute Gasteiger partial charge is 0.120 e. The second-order valence-corrected chi connectivity index (χ2v) is 11.9. The molecule has 7 bridgehead atoms. The first-order valence-electron chi connectivity index (χ1n) is 12.2. The van der Waals surface area contributed by atoms with E-state index in [-0.39, 0.29) is 41.9 Å². The van der Waals surface area contributed by atoms with E-state index in [1.807, 2.05) is 0 Å². The zero-order valence-corrected chi connectivity index (χ0v) is 20.2. The normalized spacial score (nSPS) is 63.2. The van der Waals surface area contributed by atoms with Crippen molar-refractivity contribution in [3.63, 3.8) is 0 Å². The van der Waals surface area contributed by atoms with Crippen LogP contribution in [0.1, 0.15) is 19.3 Å². The van der Waals surface area contributed by atoms with Crippen molar-refractivity contribution in [2.75, 3.05) is 48.6 Å². The molecule has 0 radical (unpaired) electrons. The number of rotatable bonds is 5. The van der Waals surface area contributed by atoms with E-state index >= 15 is 0 Å². The maximum absolute atomic E-state index is 12.5. The minimum absolute atomic E-state index is 0.00206. The Labute approximate surface area is 194 Å². The second-order valence-electron chi connectivity index (χ2n) is 11.9. The number of piperidine rings is 1. The van der Waals surface area contributed by atoms with Gasteiger partial charge < -0.3 is 44.3 Å². The SMILES string of the molecule is COC[C@@]12CC[C@H](OC)C34C(C([C@H](OC)[C@@H]31)[C@]1(O)[C@@H]3[C@H]4C[C@](O)([C@@H]3O)[C@@H](OC)[C@@H]1O)N(C)C2. The molecule has 5 aliphatic carbocycles. The monoisotopic (exact) mass is 469 g/mol. The molecule has 9 heteroatoms. The number of aliphatic hydroxyl groups is 4. The summed E-state index contributed by atoms with van der Waals surface area (Å²) in [6.07, 6.45) is -2.14. The molecular weight excluding hydrogens is 430 g/mol. The van der Waals surface area contributed by atoms with Gasteiger partial charge in [0.25, 0.3) is 0 Å². The largest absolute Gasteiger partial charge is 0.390 e. The van der Waals surface area contributed by atoms with Gasteiger partial charge in [-0.2, -0.15) is 0 Å². The summed E-state index contributed by atoms with van der Waals surface area (Å²) >= 11 is 0. The van der Waals surface area contributed by atoms with Crippen LogP contribution in [0.25, 0.3) is 0 Å². The summed E-state index contributed by atoms with van der Waals surface area (Å²) in [5.41, 5.74) is -3.98. The summed E-state index contributed by atoms with van der Waals surface area (Å²) in [6, 6.07) is -0.131. The van der Waals surface area contributed by atoms with Gasteiger partial charge in [0.05, 0.1) is 24.9 Å². The first-order valence-corrected chi connectivity index (χ1v) is 12.2. The highest BCUT2D eigenvalue weighted by Gasteiger charge is 2.89. The lowest BCUT2D eigenvalue weighted by atomic mass is 9.43. The Morgan fingerprint density at radius 2 is 1.70 bits per heavy atom. The molecule has 1 heterocycles. The molecule has 0 aromatic carbocycles. The number of ether oxygens (including phenoxy) is 4. The van der Waals surface area contributed by atoms with Gasteiger partial charge in [0, 0.05) is 69.6 Å². The Kier molecular flexibility index (Phi) is 4.82. The van der Waals surface area contributed by atoms with E-state index in [2.05, 4.69) is 11.9 Å². The molecule has 1 saturated heterocycles. The summed E-state index contributed by atoms with van der Waals surface area (Å²) in [5.74, 6) is -1.44. The van der Waals surface area contributed by atoms with E-state index in [1.165, 1.54) is 7.11 Å². The van der Waals surface area contributed by atoms with Crippen molar-refractivity contribution in [1.29, 1.82) is 0 Å². The number of hydrogen-bond donors (Lipinski definition) is 4. The summed E-state index contributed by atoms with van der Waals surface area (Å²) < 4.78 is 23.9. The Morgan fingerprint density at radius 1 is 0.970 bits per heavy atom. The van der Waals surface area contributed by atoms with Gasteiger partial charge in [0.15, 0.2) is 0 Å². The molecule has 33 heavy (non-hydrogen) atoms. The van der Waals surface area contributed by atoms with Crippen LogP contribution in [0.15, 0.2) is 0 Å². The van der Waals surface area contributed by atoms with Crippen LogP contribution in [-0.4, -0.2) is 122 Å². The maximum Gasteiger partial charge on any atom is 0.120 e. The van der Waals surface area contributed by atoms with Crippen molar-refractivity contribution in [2.24, 2.45) is 34.5 Å². The maximum atomic E-state index is 12.5. The molecule has 14 atom stereocenters. The number of aliphatic hydroxyl groups excluding tert-OH is 2. The average Bonchev–Trinajstić information content (AvgIpc) is 3.16. The van der Waals surface area contributed by atoms with E-state index in [1.54, 1.807) is 21.3 Å². The first-order chi connectivity index (χ1) is 15.6. The molecule has 5 saturated carbocycles. The quantitative estimate of drug-likeness (QED) is 0.396. The molecule has 4 N–H and O–H groups in total. The number of fused-ring (bicyclic) bond motifs is 2. The Morgan fingerprint density at radius 3 is 2.30 bits per heavy atom. The van der Waals surface area contributed by atoms with Crippen molar-refractivity contribution >= 4 is 0 Å². The molecule has 1 aliphatic heterocycles. The van der Waals surface area contributed by atoms with Crippen molar-refractivity contribution < 1.29 is 39.4 Å². The van der Waals surface area contributed by atoms with Gasteiger partial charge in [-0.25, -0.2) is 0 Å². The van der Waals surface area contributed by atoms with Gasteiger partial charge in [0.2, 0.25) is 0 Å². The van der Waals surface area contributed by atoms with Crippen molar-refractivity contribution in [2.45, 2.75) is 67.0 Å². The topological polar surface area (TPSA) is 121 Å². The van der Waals surface area contributed by atoms with Crippen LogP contribution >= 0.6 is 0 Å². The predicted molar refractivity (Wildman–Crippen MR) is 115 cm³/mol. The molecule has 0 aromatic heterocycles. The standard InChI is InChI=1S/C24H39NO8/c1-25-9-21(10-30-2)7-6-12(31-3)23-11-8-22(28)18(26)13(11)24(29,19(27)20(22)33-5)14(17(23)25)15(32-4)16(21)23/h11-20,26-29H,6-10H2,1-5H3/t11-,12+,13-,14?,15+,16-,17?,18-,19+,20+,21+,22+,23?,24-/m1/s1. The van der Waals surface area contributed by atoms with Crippen LogP contribution in [0.4, 0.5) is 0 Å². The minimum Gasteiger partial charge on any atom is -0.390 e. The first kappa shape index (κ1) is 23.1. The van der Waals surface area contributed by atoms with Gasteiger partial charge in [-0.05, 0) is 32.2 Å². The van der Waals surface area contributed by atoms with Crippen LogP contribution in [0.3, 0.4) is 0 Å². The molecule has 3 unspecified atom stereocenters. The number of likely N-dealkylation sites (tertiary alicyclic amines) is 1. The lowest BCUT2D eigenvalue weighted by molar-refractivity contribution is -0.314. The molecule has 0 amide bonds. The van der Waals surface area contributed by atoms with Crippen molar-refractivity contribution in [1.82, 2.24) is 4.90 Å². The van der Waals surface area contributed by atoms with Crippen LogP contribution in [0, 0.1) is 34.5 Å². The Bertz CT molecular complexity index is 830. The zero-order valence-electron chi connectivity index (χ0n) is 20.2. The Balaban J connectivity index is 1.66. The zero-order chi connectivity index (χ0) is 23.7. The molecule has 6 aliphatic rings. The Hall–Kier alpha value is -0.360. The van der Waals surface area contributed by atoms with Crippen LogP contribution in [-0.2, 0) is 18.9 Å². The molecular formula is C24H39NO8. The van der Waals surface area contributed by atoms with Crippen molar-refractivity contribution in [3.8, 4) is 0 Å². The molecule has 6 fully saturated rings. The summed E-state index contributed by atoms with van der Waals surface area (Å²) in [7, 11) is 8.66. The second kappa shape index (κ2) is 6.89. The minimum atomic E-state index is -1.67. The summed E-state index contributed by atoms with van der Waals surface area (Å²) in [4.78, 5) is 2.31. The van der Waals surface area contributed by atoms with Gasteiger partial charge >= 0.3 is 0 Å². The fraction of sp³-hybridized carbons (Fsp3) is 1.00. The lowest BCUT2D eigenvalue weighted by Crippen LogP contribution is -2.79. The fourth-order valence-electron chi connectivity index (χ4n) is 10.9. The molecule has 0 aromatic rings. The number of methoxy groups -OCH3 is 4.